The molecule has 0 aliphatic rings. The van der Waals surface area contributed by atoms with Crippen LogP contribution in [0, 0.1) is 6.92 Å². The van der Waals surface area contributed by atoms with Gasteiger partial charge in [-0.2, -0.15) is 0 Å². The third-order valence-corrected chi connectivity index (χ3v) is 2.86. The van der Waals surface area contributed by atoms with Crippen molar-refractivity contribution in [2.45, 2.75) is 26.2 Å². The van der Waals surface area contributed by atoms with Crippen molar-refractivity contribution < 1.29 is 4.79 Å². The summed E-state index contributed by atoms with van der Waals surface area (Å²) in [6.45, 7) is 3.02. The summed E-state index contributed by atoms with van der Waals surface area (Å²) >= 11 is 0. The predicted molar refractivity (Wildman–Crippen MR) is 72.4 cm³/mol. The zero-order valence-corrected chi connectivity index (χ0v) is 11.0. The Morgan fingerprint density at radius 2 is 1.88 bits per heavy atom. The van der Waals surface area contributed by atoms with Crippen molar-refractivity contribution in [1.29, 1.82) is 0 Å². The molecule has 0 atom stereocenters. The maximum Gasteiger partial charge on any atom is 0.226 e. The number of nitrogens with one attached hydrogen (secondary N) is 1. The molecular weight excluding hydrogens is 212 g/mol. The molecular formula is C14H22N2O. The minimum atomic E-state index is 0.185. The summed E-state index contributed by atoms with van der Waals surface area (Å²) in [5.74, 6) is 0.185. The summed E-state index contributed by atoms with van der Waals surface area (Å²) in [4.78, 5) is 13.6. The van der Waals surface area contributed by atoms with Crippen LogP contribution in [0.1, 0.15) is 24.8 Å². The normalized spacial score (nSPS) is 10.3. The van der Waals surface area contributed by atoms with E-state index in [0.717, 1.165) is 25.1 Å². The van der Waals surface area contributed by atoms with Crippen molar-refractivity contribution in [2.24, 2.45) is 0 Å². The Morgan fingerprint density at radius 1 is 1.24 bits per heavy atom. The quantitative estimate of drug-likeness (QED) is 0.766. The van der Waals surface area contributed by atoms with Crippen LogP contribution in [0.3, 0.4) is 0 Å². The monoisotopic (exact) mass is 234 g/mol. The molecule has 0 saturated carbocycles. The van der Waals surface area contributed by atoms with E-state index in [0.29, 0.717) is 6.42 Å². The van der Waals surface area contributed by atoms with Crippen LogP contribution in [-0.2, 0) is 4.79 Å². The SMILES string of the molecule is CNCCCCC(=O)N(C)c1ccc(C)cc1. The van der Waals surface area contributed by atoms with Gasteiger partial charge < -0.3 is 10.2 Å². The zero-order chi connectivity index (χ0) is 12.7. The fraction of sp³-hybridized carbons (Fsp3) is 0.500. The highest BCUT2D eigenvalue weighted by molar-refractivity contribution is 5.92. The van der Waals surface area contributed by atoms with E-state index in [2.05, 4.69) is 5.32 Å². The van der Waals surface area contributed by atoms with Gasteiger partial charge in [0.2, 0.25) is 5.91 Å². The Bertz CT molecular complexity index is 346. The Labute approximate surface area is 104 Å². The van der Waals surface area contributed by atoms with E-state index in [1.54, 1.807) is 4.90 Å². The summed E-state index contributed by atoms with van der Waals surface area (Å²) in [5.41, 5.74) is 2.18. The van der Waals surface area contributed by atoms with Gasteiger partial charge in [-0.1, -0.05) is 17.7 Å². The van der Waals surface area contributed by atoms with Crippen molar-refractivity contribution in [3.05, 3.63) is 29.8 Å². The highest BCUT2D eigenvalue weighted by atomic mass is 16.2. The number of hydrogen-bond donors (Lipinski definition) is 1. The van der Waals surface area contributed by atoms with E-state index in [4.69, 9.17) is 0 Å². The molecule has 0 aliphatic heterocycles. The van der Waals surface area contributed by atoms with Gasteiger partial charge in [0.25, 0.3) is 0 Å². The van der Waals surface area contributed by atoms with Crippen molar-refractivity contribution >= 4 is 11.6 Å². The van der Waals surface area contributed by atoms with Crippen LogP contribution in [0.25, 0.3) is 0 Å². The standard InChI is InChI=1S/C14H22N2O/c1-12-7-9-13(10-8-12)16(3)14(17)6-4-5-11-15-2/h7-10,15H,4-6,11H2,1-3H3. The Balaban J connectivity index is 2.43. The second kappa shape index (κ2) is 7.07. The molecule has 1 aromatic carbocycles. The van der Waals surface area contributed by atoms with Crippen LogP contribution in [-0.4, -0.2) is 26.5 Å². The summed E-state index contributed by atoms with van der Waals surface area (Å²) in [7, 11) is 3.77. The van der Waals surface area contributed by atoms with Gasteiger partial charge in [0, 0.05) is 19.2 Å². The topological polar surface area (TPSA) is 32.3 Å². The van der Waals surface area contributed by atoms with Crippen molar-refractivity contribution in [1.82, 2.24) is 5.32 Å². The number of carbonyl (C=O) groups excluding carboxylic acids is 1. The van der Waals surface area contributed by atoms with Crippen LogP contribution >= 0.6 is 0 Å². The van der Waals surface area contributed by atoms with Gasteiger partial charge in [0.1, 0.15) is 0 Å². The Hall–Kier alpha value is -1.35. The molecule has 1 amide bonds. The van der Waals surface area contributed by atoms with Crippen molar-refractivity contribution in [3.8, 4) is 0 Å². The van der Waals surface area contributed by atoms with Gasteiger partial charge >= 0.3 is 0 Å². The lowest BCUT2D eigenvalue weighted by Crippen LogP contribution is -2.26. The lowest BCUT2D eigenvalue weighted by molar-refractivity contribution is -0.118. The molecule has 1 aromatic rings. The highest BCUT2D eigenvalue weighted by Crippen LogP contribution is 2.14. The van der Waals surface area contributed by atoms with Gasteiger partial charge in [-0.3, -0.25) is 4.79 Å². The number of unbranched alkanes of at least 4 members (excludes halogenated alkanes) is 1. The van der Waals surface area contributed by atoms with Gasteiger partial charge in [-0.15, -0.1) is 0 Å². The number of amides is 1. The van der Waals surface area contributed by atoms with Crippen LogP contribution in [0.5, 0.6) is 0 Å². The fourth-order valence-electron chi connectivity index (χ4n) is 1.66. The van der Waals surface area contributed by atoms with E-state index < -0.39 is 0 Å². The second-order valence-corrected chi connectivity index (χ2v) is 4.35. The molecule has 1 N–H and O–H groups in total. The van der Waals surface area contributed by atoms with E-state index in [1.807, 2.05) is 45.3 Å². The number of carbonyl (C=O) groups is 1. The van der Waals surface area contributed by atoms with Crippen LogP contribution in [0.4, 0.5) is 5.69 Å². The predicted octanol–water partition coefficient (Wildman–Crippen LogP) is 2.35. The summed E-state index contributed by atoms with van der Waals surface area (Å²) in [5, 5.41) is 3.08. The third kappa shape index (κ3) is 4.57. The first kappa shape index (κ1) is 13.7. The fourth-order valence-corrected chi connectivity index (χ4v) is 1.66. The molecule has 17 heavy (non-hydrogen) atoms. The van der Waals surface area contributed by atoms with Gasteiger partial charge in [0.05, 0.1) is 0 Å². The number of hydrogen-bond acceptors (Lipinski definition) is 2. The first-order valence-corrected chi connectivity index (χ1v) is 6.13. The van der Waals surface area contributed by atoms with Crippen LogP contribution < -0.4 is 10.2 Å². The van der Waals surface area contributed by atoms with E-state index in [-0.39, 0.29) is 5.91 Å². The van der Waals surface area contributed by atoms with E-state index in [9.17, 15) is 4.79 Å². The number of rotatable bonds is 6. The minimum absolute atomic E-state index is 0.185. The third-order valence-electron chi connectivity index (χ3n) is 2.86. The van der Waals surface area contributed by atoms with Gasteiger partial charge in [-0.05, 0) is 45.5 Å². The molecule has 1 rings (SSSR count). The molecule has 0 aromatic heterocycles. The summed E-state index contributed by atoms with van der Waals surface area (Å²) < 4.78 is 0. The number of benzene rings is 1. The molecule has 3 heteroatoms. The maximum atomic E-state index is 11.9. The summed E-state index contributed by atoms with van der Waals surface area (Å²) in [6.07, 6.45) is 2.60. The molecule has 94 valence electrons. The van der Waals surface area contributed by atoms with Crippen molar-refractivity contribution in [3.63, 3.8) is 0 Å². The minimum Gasteiger partial charge on any atom is -0.320 e. The first-order valence-electron chi connectivity index (χ1n) is 6.13. The number of nitrogens with zero attached hydrogens (tertiary/aromatic N) is 1. The maximum absolute atomic E-state index is 11.9. The molecule has 0 fully saturated rings. The van der Waals surface area contributed by atoms with Gasteiger partial charge in [-0.25, -0.2) is 0 Å². The number of aryl methyl sites for hydroxylation is 1. The molecule has 0 saturated heterocycles. The Morgan fingerprint density at radius 3 is 2.47 bits per heavy atom. The lowest BCUT2D eigenvalue weighted by atomic mass is 10.2. The molecule has 0 radical (unpaired) electrons. The van der Waals surface area contributed by atoms with Crippen LogP contribution in [0.15, 0.2) is 24.3 Å². The lowest BCUT2D eigenvalue weighted by Gasteiger charge is -2.17. The largest absolute Gasteiger partial charge is 0.320 e. The molecule has 0 bridgehead atoms. The van der Waals surface area contributed by atoms with Crippen molar-refractivity contribution in [2.75, 3.05) is 25.5 Å². The molecule has 3 nitrogen and oxygen atoms in total. The first-order chi connectivity index (χ1) is 8.15. The van der Waals surface area contributed by atoms with Gasteiger partial charge in [0.15, 0.2) is 0 Å². The average Bonchev–Trinajstić information content (AvgIpc) is 2.34. The zero-order valence-electron chi connectivity index (χ0n) is 11.0. The van der Waals surface area contributed by atoms with E-state index >= 15 is 0 Å². The highest BCUT2D eigenvalue weighted by Gasteiger charge is 2.09. The Kier molecular flexibility index (Phi) is 5.70. The summed E-state index contributed by atoms with van der Waals surface area (Å²) in [6, 6.07) is 8.03. The molecule has 0 aliphatic carbocycles. The molecule has 0 unspecified atom stereocenters. The number of anilines is 1. The van der Waals surface area contributed by atoms with Crippen LogP contribution in [0.2, 0.25) is 0 Å². The molecule has 0 spiro atoms. The smallest absolute Gasteiger partial charge is 0.226 e. The molecule has 0 heterocycles. The van der Waals surface area contributed by atoms with E-state index in [1.165, 1.54) is 5.56 Å². The second-order valence-electron chi connectivity index (χ2n) is 4.35. The average molecular weight is 234 g/mol.